The van der Waals surface area contributed by atoms with Crippen LogP contribution < -0.4 is 4.74 Å². The predicted octanol–water partition coefficient (Wildman–Crippen LogP) is 4.89. The number of fused-ring (bicyclic) bond motifs is 1. The maximum absolute atomic E-state index is 6.16. The van der Waals surface area contributed by atoms with Crippen molar-refractivity contribution in [1.29, 1.82) is 0 Å². The van der Waals surface area contributed by atoms with Gasteiger partial charge in [0.1, 0.15) is 5.82 Å². The van der Waals surface area contributed by atoms with E-state index in [-0.39, 0.29) is 0 Å². The molecule has 1 fully saturated rings. The molecule has 0 aliphatic heterocycles. The van der Waals surface area contributed by atoms with Crippen molar-refractivity contribution in [3.05, 3.63) is 78.1 Å². The summed E-state index contributed by atoms with van der Waals surface area (Å²) in [7, 11) is 0. The Morgan fingerprint density at radius 3 is 2.69 bits per heavy atom. The van der Waals surface area contributed by atoms with E-state index in [9.17, 15) is 0 Å². The van der Waals surface area contributed by atoms with Gasteiger partial charge in [-0.1, -0.05) is 30.3 Å². The van der Waals surface area contributed by atoms with Gasteiger partial charge in [-0.05, 0) is 38.5 Å². The first kappa shape index (κ1) is 17.7. The highest BCUT2D eigenvalue weighted by Gasteiger charge is 2.40. The molecule has 1 aliphatic rings. The molecule has 1 saturated carbocycles. The Kier molecular flexibility index (Phi) is 4.43. The van der Waals surface area contributed by atoms with E-state index in [1.54, 1.807) is 0 Å². The first-order valence-corrected chi connectivity index (χ1v) is 9.92. The molecule has 0 saturated heterocycles. The van der Waals surface area contributed by atoms with Crippen molar-refractivity contribution in [1.82, 2.24) is 19.9 Å². The number of aryl methyl sites for hydroxylation is 2. The summed E-state index contributed by atoms with van der Waals surface area (Å²) in [5.74, 6) is 2.24. The van der Waals surface area contributed by atoms with Crippen LogP contribution in [0.15, 0.2) is 60.9 Å². The minimum absolute atomic E-state index is 0.451. The summed E-state index contributed by atoms with van der Waals surface area (Å²) in [6.45, 7) is 4.48. The Bertz CT molecular complexity index is 1170. The topological polar surface area (TPSA) is 60.8 Å². The van der Waals surface area contributed by atoms with Gasteiger partial charge in [-0.15, -0.1) is 0 Å². The normalized spacial score (nSPS) is 18.0. The number of pyridine rings is 2. The molecule has 1 aromatic carbocycles. The molecule has 1 aliphatic carbocycles. The molecular formula is C24H22N4O. The maximum atomic E-state index is 6.16. The van der Waals surface area contributed by atoms with E-state index in [0.717, 1.165) is 34.5 Å². The lowest BCUT2D eigenvalue weighted by Gasteiger charge is -2.11. The van der Waals surface area contributed by atoms with E-state index >= 15 is 0 Å². The molecule has 3 heterocycles. The van der Waals surface area contributed by atoms with Crippen LogP contribution in [-0.4, -0.2) is 26.5 Å². The van der Waals surface area contributed by atoms with Crippen molar-refractivity contribution >= 4 is 10.9 Å². The number of aromatic nitrogens is 4. The molecule has 29 heavy (non-hydrogen) atoms. The van der Waals surface area contributed by atoms with Crippen LogP contribution in [0.4, 0.5) is 0 Å². The lowest BCUT2D eigenvalue weighted by molar-refractivity contribution is 0.285. The van der Waals surface area contributed by atoms with Crippen molar-refractivity contribution < 1.29 is 4.74 Å². The Balaban J connectivity index is 1.32. The van der Waals surface area contributed by atoms with E-state index in [1.165, 1.54) is 5.39 Å². The monoisotopic (exact) mass is 382 g/mol. The van der Waals surface area contributed by atoms with Gasteiger partial charge in [-0.2, -0.15) is 4.98 Å². The first-order chi connectivity index (χ1) is 14.2. The molecule has 3 aromatic heterocycles. The van der Waals surface area contributed by atoms with Crippen LogP contribution in [0.3, 0.4) is 0 Å². The molecule has 5 rings (SSSR count). The van der Waals surface area contributed by atoms with Crippen LogP contribution in [0.2, 0.25) is 0 Å². The minimum Gasteiger partial charge on any atom is -0.477 e. The number of benzene rings is 1. The molecule has 5 nitrogen and oxygen atoms in total. The maximum Gasteiger partial charge on any atom is 0.224 e. The van der Waals surface area contributed by atoms with E-state index in [1.807, 2.05) is 50.5 Å². The molecule has 0 amide bonds. The average molecular weight is 382 g/mol. The molecule has 0 radical (unpaired) electrons. The summed E-state index contributed by atoms with van der Waals surface area (Å²) in [5, 5.41) is 1.18. The van der Waals surface area contributed by atoms with Gasteiger partial charge in [0, 0.05) is 46.6 Å². The molecule has 0 unspecified atom stereocenters. The van der Waals surface area contributed by atoms with Crippen LogP contribution in [0.25, 0.3) is 22.0 Å². The SMILES string of the molecule is Cc1ccc(-c2cnc(C)nc2OC[C@H]2C[C@@H]2c2ccc3ccccc3n2)cn1. The fourth-order valence-corrected chi connectivity index (χ4v) is 3.65. The summed E-state index contributed by atoms with van der Waals surface area (Å²) in [5.41, 5.74) is 5.03. The van der Waals surface area contributed by atoms with Crippen molar-refractivity contribution in [2.24, 2.45) is 5.92 Å². The summed E-state index contributed by atoms with van der Waals surface area (Å²) < 4.78 is 6.16. The molecule has 4 aromatic rings. The standard InChI is InChI=1S/C24H22N4O/c1-15-7-8-18(12-25-15)21-13-26-16(2)27-24(21)29-14-19-11-20(19)23-10-9-17-5-3-4-6-22(17)28-23/h3-10,12-13,19-20H,11,14H2,1-2H3/t19-,20+/m1/s1. The zero-order valence-corrected chi connectivity index (χ0v) is 16.5. The summed E-state index contributed by atoms with van der Waals surface area (Å²) in [4.78, 5) is 18.1. The highest BCUT2D eigenvalue weighted by atomic mass is 16.5. The van der Waals surface area contributed by atoms with Crippen LogP contribution in [0.1, 0.15) is 29.6 Å². The van der Waals surface area contributed by atoms with Crippen LogP contribution in [-0.2, 0) is 0 Å². The van der Waals surface area contributed by atoms with Crippen LogP contribution in [0.5, 0.6) is 5.88 Å². The summed E-state index contributed by atoms with van der Waals surface area (Å²) in [6.07, 6.45) is 4.76. The molecule has 2 atom stereocenters. The zero-order valence-electron chi connectivity index (χ0n) is 16.5. The van der Waals surface area contributed by atoms with Crippen molar-refractivity contribution in [2.45, 2.75) is 26.2 Å². The zero-order chi connectivity index (χ0) is 19.8. The lowest BCUT2D eigenvalue weighted by atomic mass is 10.1. The fraction of sp³-hybridized carbons (Fsp3) is 0.250. The third kappa shape index (κ3) is 3.68. The highest BCUT2D eigenvalue weighted by Crippen LogP contribution is 2.47. The molecule has 0 bridgehead atoms. The van der Waals surface area contributed by atoms with Crippen LogP contribution >= 0.6 is 0 Å². The lowest BCUT2D eigenvalue weighted by Crippen LogP contribution is -2.05. The van der Waals surface area contributed by atoms with Gasteiger partial charge in [0.25, 0.3) is 0 Å². The number of hydrogen-bond acceptors (Lipinski definition) is 5. The van der Waals surface area contributed by atoms with Gasteiger partial charge in [0.15, 0.2) is 0 Å². The number of rotatable bonds is 5. The van der Waals surface area contributed by atoms with E-state index in [0.29, 0.717) is 30.1 Å². The second kappa shape index (κ2) is 7.24. The predicted molar refractivity (Wildman–Crippen MR) is 113 cm³/mol. The Morgan fingerprint density at radius 1 is 0.931 bits per heavy atom. The molecule has 0 spiro atoms. The molecule has 144 valence electrons. The number of hydrogen-bond donors (Lipinski definition) is 0. The second-order valence-electron chi connectivity index (χ2n) is 7.67. The van der Waals surface area contributed by atoms with Crippen LogP contribution in [0, 0.1) is 19.8 Å². The van der Waals surface area contributed by atoms with E-state index < -0.39 is 0 Å². The molecule has 0 N–H and O–H groups in total. The summed E-state index contributed by atoms with van der Waals surface area (Å²) in [6, 6.07) is 16.6. The average Bonchev–Trinajstić information content (AvgIpc) is 3.52. The van der Waals surface area contributed by atoms with Gasteiger partial charge in [0.05, 0.1) is 17.7 Å². The fourth-order valence-electron chi connectivity index (χ4n) is 3.65. The third-order valence-electron chi connectivity index (χ3n) is 5.45. The van der Waals surface area contributed by atoms with Crippen molar-refractivity contribution in [3.8, 4) is 17.0 Å². The largest absolute Gasteiger partial charge is 0.477 e. The third-order valence-corrected chi connectivity index (χ3v) is 5.45. The van der Waals surface area contributed by atoms with Gasteiger partial charge in [0.2, 0.25) is 5.88 Å². The van der Waals surface area contributed by atoms with Crippen molar-refractivity contribution in [3.63, 3.8) is 0 Å². The quantitative estimate of drug-likeness (QED) is 0.492. The summed E-state index contributed by atoms with van der Waals surface area (Å²) >= 11 is 0. The minimum atomic E-state index is 0.451. The van der Waals surface area contributed by atoms with Gasteiger partial charge < -0.3 is 4.74 Å². The molecule has 5 heteroatoms. The first-order valence-electron chi connectivity index (χ1n) is 9.92. The smallest absolute Gasteiger partial charge is 0.224 e. The van der Waals surface area contributed by atoms with Gasteiger partial charge >= 0.3 is 0 Å². The Labute approximate surface area is 169 Å². The molecular weight excluding hydrogens is 360 g/mol. The number of para-hydroxylation sites is 1. The van der Waals surface area contributed by atoms with Gasteiger partial charge in [-0.25, -0.2) is 4.98 Å². The van der Waals surface area contributed by atoms with Crippen molar-refractivity contribution in [2.75, 3.05) is 6.61 Å². The Hall–Kier alpha value is -3.34. The number of nitrogens with zero attached hydrogens (tertiary/aromatic N) is 4. The Morgan fingerprint density at radius 2 is 1.83 bits per heavy atom. The van der Waals surface area contributed by atoms with E-state index in [2.05, 4.69) is 39.2 Å². The number of ether oxygens (including phenoxy) is 1. The highest BCUT2D eigenvalue weighted by molar-refractivity contribution is 5.78. The van der Waals surface area contributed by atoms with Gasteiger partial charge in [-0.3, -0.25) is 9.97 Å². The second-order valence-corrected chi connectivity index (χ2v) is 7.67. The van der Waals surface area contributed by atoms with E-state index in [4.69, 9.17) is 9.72 Å².